The zero-order chi connectivity index (χ0) is 13.0. The quantitative estimate of drug-likeness (QED) is 0.826. The van der Waals surface area contributed by atoms with Gasteiger partial charge in [0.1, 0.15) is 0 Å². The van der Waals surface area contributed by atoms with Crippen molar-refractivity contribution in [1.29, 1.82) is 0 Å². The molecule has 0 amide bonds. The van der Waals surface area contributed by atoms with E-state index < -0.39 is 0 Å². The van der Waals surface area contributed by atoms with E-state index in [9.17, 15) is 0 Å². The van der Waals surface area contributed by atoms with Crippen molar-refractivity contribution in [2.75, 3.05) is 20.1 Å². The average molecular weight is 252 g/mol. The number of hydrogen-bond donors (Lipinski definition) is 1. The molecule has 2 rings (SSSR count). The van der Waals surface area contributed by atoms with Gasteiger partial charge < -0.3 is 10.2 Å². The van der Waals surface area contributed by atoms with Crippen LogP contribution in [-0.2, 0) is 0 Å². The van der Waals surface area contributed by atoms with Crippen LogP contribution in [-0.4, -0.2) is 37.1 Å². The maximum Gasteiger partial charge on any atom is 0.0104 e. The molecule has 18 heavy (non-hydrogen) atoms. The van der Waals surface area contributed by atoms with Crippen LogP contribution in [0, 0.1) is 11.8 Å². The fourth-order valence-corrected chi connectivity index (χ4v) is 3.81. The van der Waals surface area contributed by atoms with Crippen molar-refractivity contribution in [2.24, 2.45) is 11.8 Å². The van der Waals surface area contributed by atoms with Crippen molar-refractivity contribution in [1.82, 2.24) is 10.2 Å². The molecule has 2 aliphatic rings. The van der Waals surface area contributed by atoms with E-state index in [1.807, 2.05) is 0 Å². The Balaban J connectivity index is 1.68. The molecule has 2 heteroatoms. The molecule has 0 aromatic heterocycles. The second-order valence-electron chi connectivity index (χ2n) is 6.75. The van der Waals surface area contributed by atoms with Crippen LogP contribution in [0.1, 0.15) is 58.8 Å². The largest absolute Gasteiger partial charge is 0.314 e. The Kier molecular flexibility index (Phi) is 5.50. The van der Waals surface area contributed by atoms with Crippen molar-refractivity contribution in [3.05, 3.63) is 0 Å². The van der Waals surface area contributed by atoms with Crippen LogP contribution >= 0.6 is 0 Å². The number of rotatable bonds is 4. The van der Waals surface area contributed by atoms with Crippen LogP contribution in [0.3, 0.4) is 0 Å². The highest BCUT2D eigenvalue weighted by Crippen LogP contribution is 2.29. The molecule has 0 bridgehead atoms. The first-order chi connectivity index (χ1) is 8.68. The molecule has 106 valence electrons. The summed E-state index contributed by atoms with van der Waals surface area (Å²) in [5.74, 6) is 1.77. The Hall–Kier alpha value is -0.0800. The van der Waals surface area contributed by atoms with Gasteiger partial charge in [-0.25, -0.2) is 0 Å². The van der Waals surface area contributed by atoms with Gasteiger partial charge >= 0.3 is 0 Å². The Bertz CT molecular complexity index is 241. The zero-order valence-electron chi connectivity index (χ0n) is 12.6. The zero-order valence-corrected chi connectivity index (χ0v) is 12.6. The summed E-state index contributed by atoms with van der Waals surface area (Å²) < 4.78 is 0. The second kappa shape index (κ2) is 6.91. The highest BCUT2D eigenvalue weighted by molar-refractivity contribution is 4.83. The van der Waals surface area contributed by atoms with Crippen molar-refractivity contribution < 1.29 is 0 Å². The molecule has 4 unspecified atom stereocenters. The molecular formula is C16H32N2. The van der Waals surface area contributed by atoms with Crippen LogP contribution in [0.15, 0.2) is 0 Å². The van der Waals surface area contributed by atoms with Gasteiger partial charge in [-0.1, -0.05) is 33.1 Å². The van der Waals surface area contributed by atoms with Crippen LogP contribution < -0.4 is 5.32 Å². The third-order valence-corrected chi connectivity index (χ3v) is 5.51. The Morgan fingerprint density at radius 2 is 1.89 bits per heavy atom. The summed E-state index contributed by atoms with van der Waals surface area (Å²) in [7, 11) is 2.30. The van der Waals surface area contributed by atoms with E-state index >= 15 is 0 Å². The second-order valence-corrected chi connectivity index (χ2v) is 6.75. The first-order valence-corrected chi connectivity index (χ1v) is 8.12. The van der Waals surface area contributed by atoms with Crippen LogP contribution in [0.2, 0.25) is 0 Å². The minimum Gasteiger partial charge on any atom is -0.314 e. The molecular weight excluding hydrogens is 220 g/mol. The van der Waals surface area contributed by atoms with Crippen molar-refractivity contribution in [3.8, 4) is 0 Å². The summed E-state index contributed by atoms with van der Waals surface area (Å²) in [4.78, 5) is 2.57. The van der Waals surface area contributed by atoms with Gasteiger partial charge in [0, 0.05) is 12.1 Å². The predicted octanol–water partition coefficient (Wildman–Crippen LogP) is 3.28. The topological polar surface area (TPSA) is 15.3 Å². The summed E-state index contributed by atoms with van der Waals surface area (Å²) in [6.45, 7) is 7.39. The molecule has 0 aromatic carbocycles. The molecule has 1 saturated carbocycles. The lowest BCUT2D eigenvalue weighted by Gasteiger charge is -2.36. The number of nitrogens with zero attached hydrogens (tertiary/aromatic N) is 1. The average Bonchev–Trinajstić information content (AvgIpc) is 2.37. The summed E-state index contributed by atoms with van der Waals surface area (Å²) in [5, 5.41) is 3.84. The normalized spacial score (nSPS) is 38.8. The first kappa shape index (κ1) is 14.3. The van der Waals surface area contributed by atoms with E-state index in [4.69, 9.17) is 0 Å². The van der Waals surface area contributed by atoms with E-state index in [0.29, 0.717) is 0 Å². The molecule has 0 aromatic rings. The standard InChI is InChI=1S/C16H32N2/c1-13-7-6-9-16(14(13)2)17-11-10-15-8-4-5-12-18(15)3/h13-17H,4-12H2,1-3H3. The van der Waals surface area contributed by atoms with E-state index in [2.05, 4.69) is 31.1 Å². The summed E-state index contributed by atoms with van der Waals surface area (Å²) in [6, 6.07) is 1.62. The van der Waals surface area contributed by atoms with Crippen LogP contribution in [0.5, 0.6) is 0 Å². The van der Waals surface area contributed by atoms with Crippen LogP contribution in [0.25, 0.3) is 0 Å². The van der Waals surface area contributed by atoms with E-state index in [-0.39, 0.29) is 0 Å². The van der Waals surface area contributed by atoms with E-state index in [1.165, 1.54) is 58.0 Å². The third kappa shape index (κ3) is 3.71. The molecule has 1 saturated heterocycles. The van der Waals surface area contributed by atoms with Gasteiger partial charge in [0.05, 0.1) is 0 Å². The van der Waals surface area contributed by atoms with Crippen molar-refractivity contribution in [3.63, 3.8) is 0 Å². The highest BCUT2D eigenvalue weighted by atomic mass is 15.1. The number of nitrogens with one attached hydrogen (secondary N) is 1. The molecule has 1 N–H and O–H groups in total. The number of hydrogen-bond acceptors (Lipinski definition) is 2. The molecule has 1 heterocycles. The maximum absolute atomic E-state index is 3.84. The lowest BCUT2D eigenvalue weighted by atomic mass is 9.78. The monoisotopic (exact) mass is 252 g/mol. The Morgan fingerprint density at radius 1 is 1.06 bits per heavy atom. The Morgan fingerprint density at radius 3 is 2.67 bits per heavy atom. The molecule has 0 spiro atoms. The van der Waals surface area contributed by atoms with Gasteiger partial charge in [-0.05, 0) is 57.7 Å². The van der Waals surface area contributed by atoms with E-state index in [1.54, 1.807) is 0 Å². The molecule has 4 atom stereocenters. The van der Waals surface area contributed by atoms with Gasteiger partial charge in [0.2, 0.25) is 0 Å². The number of piperidine rings is 1. The smallest absolute Gasteiger partial charge is 0.0104 e. The fraction of sp³-hybridized carbons (Fsp3) is 1.00. The SMILES string of the molecule is CC1CCCC(NCCC2CCCCN2C)C1C. The lowest BCUT2D eigenvalue weighted by molar-refractivity contribution is 0.164. The minimum absolute atomic E-state index is 0.780. The maximum atomic E-state index is 3.84. The molecule has 2 nitrogen and oxygen atoms in total. The van der Waals surface area contributed by atoms with Gasteiger partial charge in [-0.15, -0.1) is 0 Å². The van der Waals surface area contributed by atoms with Crippen LogP contribution in [0.4, 0.5) is 0 Å². The third-order valence-electron chi connectivity index (χ3n) is 5.51. The summed E-state index contributed by atoms with van der Waals surface area (Å²) in [5.41, 5.74) is 0. The molecule has 1 aliphatic carbocycles. The van der Waals surface area contributed by atoms with E-state index in [0.717, 1.165) is 23.9 Å². The van der Waals surface area contributed by atoms with Crippen molar-refractivity contribution in [2.45, 2.75) is 70.9 Å². The molecule has 1 aliphatic heterocycles. The predicted molar refractivity (Wildman–Crippen MR) is 78.9 cm³/mol. The lowest BCUT2D eigenvalue weighted by Crippen LogP contribution is -2.43. The number of likely N-dealkylation sites (tertiary alicyclic amines) is 1. The van der Waals surface area contributed by atoms with Crippen molar-refractivity contribution >= 4 is 0 Å². The highest BCUT2D eigenvalue weighted by Gasteiger charge is 2.27. The summed E-state index contributed by atoms with van der Waals surface area (Å²) in [6.07, 6.45) is 9.84. The van der Waals surface area contributed by atoms with Gasteiger partial charge in [-0.3, -0.25) is 0 Å². The van der Waals surface area contributed by atoms with Gasteiger partial charge in [0.25, 0.3) is 0 Å². The first-order valence-electron chi connectivity index (χ1n) is 8.12. The Labute approximate surface area is 114 Å². The summed E-state index contributed by atoms with van der Waals surface area (Å²) >= 11 is 0. The molecule has 0 radical (unpaired) electrons. The van der Waals surface area contributed by atoms with Gasteiger partial charge in [-0.2, -0.15) is 0 Å². The fourth-order valence-electron chi connectivity index (χ4n) is 3.81. The van der Waals surface area contributed by atoms with Gasteiger partial charge in [0.15, 0.2) is 0 Å². The molecule has 2 fully saturated rings. The minimum atomic E-state index is 0.780.